The van der Waals surface area contributed by atoms with Crippen LogP contribution < -0.4 is 10.2 Å². The van der Waals surface area contributed by atoms with Crippen molar-refractivity contribution in [2.24, 2.45) is 0 Å². The molecule has 0 aromatic heterocycles. The van der Waals surface area contributed by atoms with Crippen LogP contribution in [0.3, 0.4) is 0 Å². The molecule has 9 nitrogen and oxygen atoms in total. The number of nitrogens with one attached hydrogen (secondary N) is 1. The lowest BCUT2D eigenvalue weighted by Crippen LogP contribution is -2.54. The zero-order chi connectivity index (χ0) is 20.6. The quantitative estimate of drug-likeness (QED) is 0.229. The molecule has 0 saturated carbocycles. The van der Waals surface area contributed by atoms with Crippen molar-refractivity contribution in [2.75, 3.05) is 4.90 Å². The van der Waals surface area contributed by atoms with Crippen molar-refractivity contribution in [3.8, 4) is 11.5 Å². The minimum absolute atomic E-state index is 0.171. The van der Waals surface area contributed by atoms with Crippen LogP contribution in [0, 0.1) is 10.1 Å². The Labute approximate surface area is 167 Å². The first-order chi connectivity index (χ1) is 13.2. The second kappa shape index (κ2) is 7.25. The number of nitrogens with zero attached hydrogens (tertiary/aromatic N) is 2. The van der Waals surface area contributed by atoms with Crippen molar-refractivity contribution >= 4 is 58.2 Å². The van der Waals surface area contributed by atoms with Gasteiger partial charge in [0.25, 0.3) is 11.8 Å². The summed E-state index contributed by atoms with van der Waals surface area (Å²) in [5.74, 6) is -2.97. The highest BCUT2D eigenvalue weighted by atomic mass is 35.5. The topological polar surface area (TPSA) is 133 Å². The van der Waals surface area contributed by atoms with E-state index in [9.17, 15) is 29.9 Å². The van der Waals surface area contributed by atoms with E-state index in [1.165, 1.54) is 6.07 Å². The number of phenolic OH excluding ortho intramolecular Hbond substituents is 2. The maximum absolute atomic E-state index is 12.9. The number of nitro benzene ring substituents is 1. The first-order valence-electron chi connectivity index (χ1n) is 7.56. The van der Waals surface area contributed by atoms with E-state index in [2.05, 4.69) is 5.32 Å². The third kappa shape index (κ3) is 3.50. The predicted octanol–water partition coefficient (Wildman–Crippen LogP) is 2.49. The number of hydrogen-bond acceptors (Lipinski definition) is 7. The second-order valence-corrected chi connectivity index (χ2v) is 6.42. The van der Waals surface area contributed by atoms with Gasteiger partial charge < -0.3 is 10.2 Å². The number of aromatic hydroxyl groups is 2. The number of nitro groups is 1. The number of phenols is 2. The van der Waals surface area contributed by atoms with E-state index in [0.717, 1.165) is 23.1 Å². The average molecular weight is 420 g/mol. The maximum Gasteiger partial charge on any atom is 0.311 e. The molecule has 142 valence electrons. The average Bonchev–Trinajstić information content (AvgIpc) is 2.59. The molecular formula is C17H10ClN3O6S. The zero-order valence-corrected chi connectivity index (χ0v) is 15.3. The molecule has 0 radical (unpaired) electrons. The van der Waals surface area contributed by atoms with E-state index in [0.29, 0.717) is 10.7 Å². The van der Waals surface area contributed by atoms with Gasteiger partial charge in [-0.05, 0) is 36.5 Å². The molecule has 0 spiro atoms. The molecule has 3 N–H and O–H groups in total. The number of hydrogen-bond donors (Lipinski definition) is 3. The van der Waals surface area contributed by atoms with E-state index in [1.807, 2.05) is 0 Å². The predicted molar refractivity (Wildman–Crippen MR) is 104 cm³/mol. The zero-order valence-electron chi connectivity index (χ0n) is 13.7. The molecule has 11 heteroatoms. The standard InChI is InChI=1S/C17H10ClN3O6S/c18-9-2-1-3-10(6-9)20-16(25)11(15(24)19-17(20)28)4-8-5-12(21(26)27)14(23)7-13(8)22/h1-7,22-23H,(H,19,24,28)/b11-4+. The normalized spacial score (nSPS) is 15.7. The van der Waals surface area contributed by atoms with Crippen molar-refractivity contribution in [3.63, 3.8) is 0 Å². The largest absolute Gasteiger partial charge is 0.507 e. The van der Waals surface area contributed by atoms with Gasteiger partial charge in [-0.2, -0.15) is 0 Å². The fraction of sp³-hybridized carbons (Fsp3) is 0. The first kappa shape index (κ1) is 19.3. The van der Waals surface area contributed by atoms with Crippen LogP contribution in [0.15, 0.2) is 42.0 Å². The molecule has 0 aliphatic carbocycles. The minimum Gasteiger partial charge on any atom is -0.507 e. The summed E-state index contributed by atoms with van der Waals surface area (Å²) in [6.07, 6.45) is 0.971. The number of anilines is 1. The Morgan fingerprint density at radius 3 is 2.54 bits per heavy atom. The van der Waals surface area contributed by atoms with Crippen LogP contribution in [0.1, 0.15) is 5.56 Å². The van der Waals surface area contributed by atoms with Crippen LogP contribution >= 0.6 is 23.8 Å². The summed E-state index contributed by atoms with van der Waals surface area (Å²) in [6, 6.07) is 7.77. The third-order valence-corrected chi connectivity index (χ3v) is 4.31. The summed E-state index contributed by atoms with van der Waals surface area (Å²) < 4.78 is 0. The van der Waals surface area contributed by atoms with Gasteiger partial charge in [-0.1, -0.05) is 17.7 Å². The van der Waals surface area contributed by atoms with Crippen LogP contribution in [0.25, 0.3) is 6.08 Å². The molecule has 2 aromatic rings. The molecule has 2 amide bonds. The highest BCUT2D eigenvalue weighted by Crippen LogP contribution is 2.34. The SMILES string of the molecule is O=C1NC(=S)N(c2cccc(Cl)c2)C(=O)/C1=C/c1cc([N+](=O)[O-])c(O)cc1O. The van der Waals surface area contributed by atoms with E-state index >= 15 is 0 Å². The molecule has 1 aliphatic heterocycles. The molecule has 2 aromatic carbocycles. The van der Waals surface area contributed by atoms with Gasteiger partial charge in [-0.25, -0.2) is 0 Å². The molecule has 0 bridgehead atoms. The molecule has 0 unspecified atom stereocenters. The van der Waals surface area contributed by atoms with Crippen LogP contribution in [0.5, 0.6) is 11.5 Å². The fourth-order valence-electron chi connectivity index (χ4n) is 2.51. The van der Waals surface area contributed by atoms with E-state index in [1.54, 1.807) is 18.2 Å². The van der Waals surface area contributed by atoms with Crippen molar-refractivity contribution in [1.82, 2.24) is 5.32 Å². The van der Waals surface area contributed by atoms with E-state index < -0.39 is 39.5 Å². The molecule has 1 saturated heterocycles. The Balaban J connectivity index is 2.09. The smallest absolute Gasteiger partial charge is 0.311 e. The van der Waals surface area contributed by atoms with Crippen molar-refractivity contribution in [2.45, 2.75) is 0 Å². The first-order valence-corrected chi connectivity index (χ1v) is 8.35. The van der Waals surface area contributed by atoms with Crippen LogP contribution in [-0.4, -0.2) is 32.1 Å². The lowest BCUT2D eigenvalue weighted by Gasteiger charge is -2.29. The van der Waals surface area contributed by atoms with E-state index in [-0.39, 0.29) is 10.7 Å². The molecule has 1 aliphatic rings. The van der Waals surface area contributed by atoms with Gasteiger partial charge in [0.05, 0.1) is 10.6 Å². The molecule has 1 heterocycles. The van der Waals surface area contributed by atoms with Crippen molar-refractivity contribution in [1.29, 1.82) is 0 Å². The Morgan fingerprint density at radius 1 is 1.18 bits per heavy atom. The van der Waals surface area contributed by atoms with E-state index in [4.69, 9.17) is 23.8 Å². The Kier molecular flexibility index (Phi) is 4.99. The number of benzene rings is 2. The number of rotatable bonds is 3. The molecule has 0 atom stereocenters. The minimum atomic E-state index is -0.868. The van der Waals surface area contributed by atoms with Crippen LogP contribution in [-0.2, 0) is 9.59 Å². The molecule has 28 heavy (non-hydrogen) atoms. The van der Waals surface area contributed by atoms with Gasteiger partial charge in [-0.15, -0.1) is 0 Å². The highest BCUT2D eigenvalue weighted by molar-refractivity contribution is 7.80. The number of thiocarbonyl (C=S) groups is 1. The highest BCUT2D eigenvalue weighted by Gasteiger charge is 2.35. The fourth-order valence-corrected chi connectivity index (χ4v) is 2.97. The summed E-state index contributed by atoms with van der Waals surface area (Å²) in [6.45, 7) is 0. The van der Waals surface area contributed by atoms with Gasteiger partial charge in [0.15, 0.2) is 10.9 Å². The molecular weight excluding hydrogens is 410 g/mol. The van der Waals surface area contributed by atoms with Gasteiger partial charge in [0, 0.05) is 22.7 Å². The van der Waals surface area contributed by atoms with Gasteiger partial charge >= 0.3 is 5.69 Å². The van der Waals surface area contributed by atoms with Crippen LogP contribution in [0.2, 0.25) is 5.02 Å². The van der Waals surface area contributed by atoms with Crippen molar-refractivity contribution in [3.05, 3.63) is 62.7 Å². The van der Waals surface area contributed by atoms with Gasteiger partial charge in [0.2, 0.25) is 0 Å². The summed E-state index contributed by atoms with van der Waals surface area (Å²) in [7, 11) is 0. The Hall–Kier alpha value is -3.50. The maximum atomic E-state index is 12.9. The summed E-state index contributed by atoms with van der Waals surface area (Å²) >= 11 is 11.0. The third-order valence-electron chi connectivity index (χ3n) is 3.79. The number of carbonyl (C=O) groups excluding carboxylic acids is 2. The molecule has 3 rings (SSSR count). The lowest BCUT2D eigenvalue weighted by molar-refractivity contribution is -0.385. The monoisotopic (exact) mass is 419 g/mol. The summed E-state index contributed by atoms with van der Waals surface area (Å²) in [5, 5.41) is 33.0. The Morgan fingerprint density at radius 2 is 1.89 bits per heavy atom. The molecule has 1 fully saturated rings. The summed E-state index contributed by atoms with van der Waals surface area (Å²) in [4.78, 5) is 36.3. The van der Waals surface area contributed by atoms with Crippen LogP contribution in [0.4, 0.5) is 11.4 Å². The van der Waals surface area contributed by atoms with Gasteiger partial charge in [-0.3, -0.25) is 29.9 Å². The summed E-state index contributed by atoms with van der Waals surface area (Å²) in [5.41, 5.74) is -1.03. The van der Waals surface area contributed by atoms with Gasteiger partial charge in [0.1, 0.15) is 11.3 Å². The second-order valence-electron chi connectivity index (χ2n) is 5.59. The van der Waals surface area contributed by atoms with Crippen molar-refractivity contribution < 1.29 is 24.7 Å². The Bertz CT molecular complexity index is 1080. The number of halogens is 1. The number of amides is 2. The lowest BCUT2D eigenvalue weighted by atomic mass is 10.1. The number of carbonyl (C=O) groups is 2.